The quantitative estimate of drug-likeness (QED) is 0.801. The lowest BCUT2D eigenvalue weighted by Gasteiger charge is -2.31. The third kappa shape index (κ3) is 2.25. The molecule has 0 fully saturated rings. The molecule has 0 saturated heterocycles. The molecule has 3 nitrogen and oxygen atoms in total. The summed E-state index contributed by atoms with van der Waals surface area (Å²) in [5, 5.41) is 0. The minimum Gasteiger partial charge on any atom is -0.493 e. The van der Waals surface area contributed by atoms with Crippen molar-refractivity contribution in [1.82, 2.24) is 4.90 Å². The number of methoxy groups -OCH3 is 2. The molecule has 17 heavy (non-hydrogen) atoms. The summed E-state index contributed by atoms with van der Waals surface area (Å²) in [6, 6.07) is 4.82. The molecule has 0 aromatic heterocycles. The number of benzene rings is 1. The average Bonchev–Trinajstić information content (AvgIpc) is 2.36. The first kappa shape index (κ1) is 12.2. The second-order valence-electron chi connectivity index (χ2n) is 4.80. The summed E-state index contributed by atoms with van der Waals surface area (Å²) < 4.78 is 10.8. The molecule has 0 radical (unpaired) electrons. The first-order chi connectivity index (χ1) is 8.17. The van der Waals surface area contributed by atoms with E-state index in [4.69, 9.17) is 9.47 Å². The molecular formula is C14H21NO2. The molecule has 1 aliphatic rings. The van der Waals surface area contributed by atoms with Crippen molar-refractivity contribution in [2.24, 2.45) is 0 Å². The summed E-state index contributed by atoms with van der Waals surface area (Å²) in [4.78, 5) is 2.31. The number of fused-ring (bicyclic) bond motifs is 1. The van der Waals surface area contributed by atoms with Crippen LogP contribution in [0.5, 0.6) is 11.5 Å². The van der Waals surface area contributed by atoms with Gasteiger partial charge in [0.05, 0.1) is 14.2 Å². The monoisotopic (exact) mass is 235 g/mol. The number of nitrogens with zero attached hydrogens (tertiary/aromatic N) is 1. The Hall–Kier alpha value is -1.22. The number of hydrogen-bond acceptors (Lipinski definition) is 3. The zero-order valence-corrected chi connectivity index (χ0v) is 11.1. The zero-order chi connectivity index (χ0) is 12.4. The van der Waals surface area contributed by atoms with Crippen molar-refractivity contribution in [2.75, 3.05) is 28.3 Å². The highest BCUT2D eigenvalue weighted by atomic mass is 16.5. The second-order valence-corrected chi connectivity index (χ2v) is 4.80. The van der Waals surface area contributed by atoms with Gasteiger partial charge in [-0.25, -0.2) is 0 Å². The maximum Gasteiger partial charge on any atom is 0.164 e. The van der Waals surface area contributed by atoms with Crippen LogP contribution in [0, 0.1) is 0 Å². The first-order valence-corrected chi connectivity index (χ1v) is 6.06. The number of ether oxygens (including phenoxy) is 2. The molecule has 0 amide bonds. The van der Waals surface area contributed by atoms with E-state index in [0.717, 1.165) is 24.3 Å². The minimum absolute atomic E-state index is 0.639. The molecule has 0 saturated carbocycles. The Morgan fingerprint density at radius 1 is 1.18 bits per heavy atom. The molecule has 1 aromatic carbocycles. The Bertz CT molecular complexity index is 401. The minimum atomic E-state index is 0.639. The Labute approximate surface area is 103 Å². The lowest BCUT2D eigenvalue weighted by molar-refractivity contribution is 0.264. The summed E-state index contributed by atoms with van der Waals surface area (Å²) in [6.07, 6.45) is 3.35. The maximum atomic E-state index is 5.49. The van der Waals surface area contributed by atoms with Gasteiger partial charge in [-0.15, -0.1) is 0 Å². The van der Waals surface area contributed by atoms with Crippen LogP contribution in [0.15, 0.2) is 12.1 Å². The van der Waals surface area contributed by atoms with Crippen LogP contribution >= 0.6 is 0 Å². The fourth-order valence-corrected chi connectivity index (χ4v) is 2.60. The van der Waals surface area contributed by atoms with Crippen molar-refractivity contribution in [3.8, 4) is 11.5 Å². The van der Waals surface area contributed by atoms with Gasteiger partial charge in [-0.05, 0) is 45.0 Å². The molecule has 1 atom stereocenters. The lowest BCUT2D eigenvalue weighted by atomic mass is 9.87. The van der Waals surface area contributed by atoms with Crippen LogP contribution in [-0.2, 0) is 12.8 Å². The Balaban J connectivity index is 2.35. The largest absolute Gasteiger partial charge is 0.493 e. The van der Waals surface area contributed by atoms with Crippen molar-refractivity contribution >= 4 is 0 Å². The van der Waals surface area contributed by atoms with Crippen LogP contribution in [0.4, 0.5) is 0 Å². The van der Waals surface area contributed by atoms with E-state index >= 15 is 0 Å². The average molecular weight is 235 g/mol. The van der Waals surface area contributed by atoms with Gasteiger partial charge >= 0.3 is 0 Å². The third-order valence-corrected chi connectivity index (χ3v) is 3.66. The van der Waals surface area contributed by atoms with Crippen LogP contribution in [0.3, 0.4) is 0 Å². The predicted octanol–water partition coefficient (Wildman–Crippen LogP) is 2.12. The summed E-state index contributed by atoms with van der Waals surface area (Å²) in [5.74, 6) is 1.76. The molecule has 2 rings (SSSR count). The van der Waals surface area contributed by atoms with E-state index in [1.807, 2.05) is 6.07 Å². The fourth-order valence-electron chi connectivity index (χ4n) is 2.60. The van der Waals surface area contributed by atoms with Gasteiger partial charge < -0.3 is 14.4 Å². The molecule has 1 aliphatic carbocycles. The molecule has 1 aromatic rings. The molecule has 0 bridgehead atoms. The van der Waals surface area contributed by atoms with Crippen LogP contribution in [0.1, 0.15) is 17.5 Å². The van der Waals surface area contributed by atoms with E-state index in [1.165, 1.54) is 17.5 Å². The highest BCUT2D eigenvalue weighted by Crippen LogP contribution is 2.37. The highest BCUT2D eigenvalue weighted by Gasteiger charge is 2.24. The second kappa shape index (κ2) is 4.96. The Kier molecular flexibility index (Phi) is 3.57. The lowest BCUT2D eigenvalue weighted by Crippen LogP contribution is -2.33. The normalized spacial score (nSPS) is 19.0. The van der Waals surface area contributed by atoms with Crippen LogP contribution in [0.25, 0.3) is 0 Å². The van der Waals surface area contributed by atoms with E-state index < -0.39 is 0 Å². The molecule has 0 N–H and O–H groups in total. The predicted molar refractivity (Wildman–Crippen MR) is 69.0 cm³/mol. The van der Waals surface area contributed by atoms with E-state index in [1.54, 1.807) is 14.2 Å². The van der Waals surface area contributed by atoms with Crippen LogP contribution in [-0.4, -0.2) is 39.3 Å². The SMILES string of the molecule is COc1ccc2c(c1OC)CC[C@H](N(C)C)C2. The van der Waals surface area contributed by atoms with Crippen molar-refractivity contribution in [3.05, 3.63) is 23.3 Å². The van der Waals surface area contributed by atoms with Gasteiger partial charge in [0.1, 0.15) is 0 Å². The molecule has 0 aliphatic heterocycles. The smallest absolute Gasteiger partial charge is 0.164 e. The summed E-state index contributed by atoms with van der Waals surface area (Å²) in [5.41, 5.74) is 2.72. The molecule has 0 unspecified atom stereocenters. The first-order valence-electron chi connectivity index (χ1n) is 6.06. The van der Waals surface area contributed by atoms with Crippen molar-refractivity contribution in [1.29, 1.82) is 0 Å². The summed E-state index contributed by atoms with van der Waals surface area (Å²) in [7, 11) is 7.71. The van der Waals surface area contributed by atoms with E-state index in [2.05, 4.69) is 25.1 Å². The van der Waals surface area contributed by atoms with Gasteiger partial charge in [0, 0.05) is 11.6 Å². The molecular weight excluding hydrogens is 214 g/mol. The maximum absolute atomic E-state index is 5.49. The summed E-state index contributed by atoms with van der Waals surface area (Å²) >= 11 is 0. The van der Waals surface area contributed by atoms with Crippen molar-refractivity contribution in [3.63, 3.8) is 0 Å². The number of rotatable bonds is 3. The molecule has 94 valence electrons. The van der Waals surface area contributed by atoms with E-state index in [-0.39, 0.29) is 0 Å². The zero-order valence-electron chi connectivity index (χ0n) is 11.1. The van der Waals surface area contributed by atoms with Gasteiger partial charge in [0.15, 0.2) is 11.5 Å². The van der Waals surface area contributed by atoms with Crippen LogP contribution < -0.4 is 9.47 Å². The van der Waals surface area contributed by atoms with Gasteiger partial charge in [0.2, 0.25) is 0 Å². The number of hydrogen-bond donors (Lipinski definition) is 0. The van der Waals surface area contributed by atoms with E-state index in [9.17, 15) is 0 Å². The van der Waals surface area contributed by atoms with E-state index in [0.29, 0.717) is 6.04 Å². The van der Waals surface area contributed by atoms with Gasteiger partial charge in [-0.2, -0.15) is 0 Å². The standard InChI is InChI=1S/C14H21NO2/c1-15(2)11-6-7-12-10(9-11)5-8-13(16-3)14(12)17-4/h5,8,11H,6-7,9H2,1-4H3/t11-/m0/s1. The molecule has 3 heteroatoms. The van der Waals surface area contributed by atoms with Crippen molar-refractivity contribution < 1.29 is 9.47 Å². The van der Waals surface area contributed by atoms with Gasteiger partial charge in [0.25, 0.3) is 0 Å². The van der Waals surface area contributed by atoms with Gasteiger partial charge in [-0.3, -0.25) is 0 Å². The number of likely N-dealkylation sites (N-methyl/N-ethyl adjacent to an activating group) is 1. The Morgan fingerprint density at radius 3 is 2.53 bits per heavy atom. The topological polar surface area (TPSA) is 21.7 Å². The Morgan fingerprint density at radius 2 is 1.94 bits per heavy atom. The van der Waals surface area contributed by atoms with Crippen molar-refractivity contribution in [2.45, 2.75) is 25.3 Å². The van der Waals surface area contributed by atoms with Crippen LogP contribution in [0.2, 0.25) is 0 Å². The van der Waals surface area contributed by atoms with Gasteiger partial charge in [-0.1, -0.05) is 6.07 Å². The summed E-state index contributed by atoms with van der Waals surface area (Å²) in [6.45, 7) is 0. The third-order valence-electron chi connectivity index (χ3n) is 3.66. The fraction of sp³-hybridized carbons (Fsp3) is 0.571. The molecule has 0 heterocycles. The molecule has 0 spiro atoms. The highest BCUT2D eigenvalue weighted by molar-refractivity contribution is 5.52.